The fourth-order valence-electron chi connectivity index (χ4n) is 2.51. The average molecular weight is 508 g/mol. The van der Waals surface area contributed by atoms with Crippen molar-refractivity contribution in [2.45, 2.75) is 23.3 Å². The SMILES string of the molecule is O=C1CC(S(=O)(=O)O)C(=O)N1OCCS(=O)(=O)CCON1C(=O)CC(S(=O)(=O)O)C1=O. The molecule has 31 heavy (non-hydrogen) atoms. The van der Waals surface area contributed by atoms with Crippen LogP contribution in [0.3, 0.4) is 0 Å². The quantitative estimate of drug-likeness (QED) is 0.213. The van der Waals surface area contributed by atoms with Gasteiger partial charge in [0.25, 0.3) is 43.9 Å². The fraction of sp³-hybridized carbons (Fsp3) is 0.667. The lowest BCUT2D eigenvalue weighted by atomic mass is 10.4. The monoisotopic (exact) mass is 508 g/mol. The summed E-state index contributed by atoms with van der Waals surface area (Å²) in [5, 5.41) is -4.04. The number of amides is 4. The Morgan fingerprint density at radius 3 is 1.29 bits per heavy atom. The van der Waals surface area contributed by atoms with E-state index in [1.165, 1.54) is 0 Å². The van der Waals surface area contributed by atoms with Crippen LogP contribution in [0.1, 0.15) is 12.8 Å². The summed E-state index contributed by atoms with van der Waals surface area (Å²) >= 11 is 0. The third kappa shape index (κ3) is 6.02. The smallest absolute Gasteiger partial charge is 0.277 e. The van der Waals surface area contributed by atoms with Gasteiger partial charge >= 0.3 is 0 Å². The lowest BCUT2D eigenvalue weighted by Crippen LogP contribution is -2.37. The number of carbonyl (C=O) groups is 4. The number of hydrogen-bond acceptors (Lipinski definition) is 12. The molecule has 2 atom stereocenters. The van der Waals surface area contributed by atoms with Crippen LogP contribution in [-0.4, -0.2) is 103 Å². The van der Waals surface area contributed by atoms with Crippen molar-refractivity contribution < 1.29 is 63.2 Å². The second-order valence-corrected chi connectivity index (χ2v) is 11.8. The van der Waals surface area contributed by atoms with Gasteiger partial charge in [-0.3, -0.25) is 38.0 Å². The summed E-state index contributed by atoms with van der Waals surface area (Å²) in [6.07, 6.45) is -1.75. The molecule has 0 saturated carbocycles. The normalized spacial score (nSPS) is 23.3. The van der Waals surface area contributed by atoms with Crippen molar-refractivity contribution in [2.75, 3.05) is 24.7 Å². The third-order valence-corrected chi connectivity index (χ3v) is 7.82. The number of hydroxylamine groups is 4. The van der Waals surface area contributed by atoms with E-state index in [-0.39, 0.29) is 10.1 Å². The largest absolute Gasteiger partial charge is 0.285 e. The molecule has 4 amide bonds. The Bertz CT molecular complexity index is 1030. The molecule has 0 aromatic rings. The van der Waals surface area contributed by atoms with Crippen molar-refractivity contribution in [2.24, 2.45) is 0 Å². The molecule has 0 radical (unpaired) electrons. The third-order valence-electron chi connectivity index (χ3n) is 4.07. The zero-order chi connectivity index (χ0) is 23.8. The maximum absolute atomic E-state index is 11.9. The molecule has 19 heteroatoms. The molecule has 2 aliphatic rings. The van der Waals surface area contributed by atoms with E-state index in [1.807, 2.05) is 0 Å². The summed E-state index contributed by atoms with van der Waals surface area (Å²) < 4.78 is 85.7. The van der Waals surface area contributed by atoms with Gasteiger partial charge in [-0.25, -0.2) is 8.42 Å². The van der Waals surface area contributed by atoms with Crippen molar-refractivity contribution >= 4 is 53.7 Å². The highest BCUT2D eigenvalue weighted by atomic mass is 32.2. The molecular weight excluding hydrogens is 492 g/mol. The maximum atomic E-state index is 11.9. The molecule has 2 rings (SSSR count). The van der Waals surface area contributed by atoms with Crippen LogP contribution in [0.5, 0.6) is 0 Å². The maximum Gasteiger partial charge on any atom is 0.277 e. The van der Waals surface area contributed by atoms with Gasteiger partial charge in [-0.1, -0.05) is 0 Å². The van der Waals surface area contributed by atoms with Crippen molar-refractivity contribution in [1.29, 1.82) is 0 Å². The molecule has 2 aliphatic heterocycles. The summed E-state index contributed by atoms with van der Waals surface area (Å²) in [5.74, 6) is -6.56. The van der Waals surface area contributed by atoms with Gasteiger partial charge in [-0.2, -0.15) is 27.0 Å². The Morgan fingerprint density at radius 2 is 1.03 bits per heavy atom. The van der Waals surface area contributed by atoms with E-state index in [1.54, 1.807) is 0 Å². The standard InChI is InChI=1S/C12H16N2O14S3/c15-9-5-7(30(21,22)23)11(17)13(9)27-1-3-29(19,20)4-2-28-14-10(16)6-8(12(14)18)31(24,25)26/h7-8H,1-6H2,(H,21,22,23)(H,24,25,26). The second-order valence-electron chi connectivity index (χ2n) is 6.29. The van der Waals surface area contributed by atoms with Crippen LogP contribution < -0.4 is 0 Å². The van der Waals surface area contributed by atoms with Crippen molar-refractivity contribution in [3.8, 4) is 0 Å². The molecule has 16 nitrogen and oxygen atoms in total. The lowest BCUT2D eigenvalue weighted by Gasteiger charge is -2.15. The molecule has 2 saturated heterocycles. The molecule has 2 heterocycles. The number of hydrogen-bond donors (Lipinski definition) is 2. The van der Waals surface area contributed by atoms with Crippen LogP contribution in [0, 0.1) is 0 Å². The molecule has 2 fully saturated rings. The Hall–Kier alpha value is -2.03. The second kappa shape index (κ2) is 8.84. The summed E-state index contributed by atoms with van der Waals surface area (Å²) in [6, 6.07) is 0. The molecule has 0 aromatic heterocycles. The first-order valence-corrected chi connectivity index (χ1v) is 13.0. The van der Waals surface area contributed by atoms with Gasteiger partial charge < -0.3 is 0 Å². The molecule has 0 bridgehead atoms. The summed E-state index contributed by atoms with van der Waals surface area (Å²) in [5.41, 5.74) is 0. The highest BCUT2D eigenvalue weighted by molar-refractivity contribution is 7.91. The molecule has 0 aliphatic carbocycles. The molecule has 0 spiro atoms. The first-order valence-electron chi connectivity index (χ1n) is 8.17. The van der Waals surface area contributed by atoms with E-state index in [0.29, 0.717) is 0 Å². The van der Waals surface area contributed by atoms with Crippen molar-refractivity contribution in [3.05, 3.63) is 0 Å². The van der Waals surface area contributed by atoms with Crippen LogP contribution in [0.2, 0.25) is 0 Å². The van der Waals surface area contributed by atoms with Gasteiger partial charge in [0.05, 0.1) is 37.6 Å². The van der Waals surface area contributed by atoms with E-state index < -0.39 is 102 Å². The zero-order valence-electron chi connectivity index (χ0n) is 15.3. The Balaban J connectivity index is 1.83. The highest BCUT2D eigenvalue weighted by Gasteiger charge is 2.48. The summed E-state index contributed by atoms with van der Waals surface area (Å²) in [6.45, 7) is -1.52. The molecule has 2 N–H and O–H groups in total. The minimum absolute atomic E-state index is 0.0293. The van der Waals surface area contributed by atoms with E-state index in [2.05, 4.69) is 9.68 Å². The van der Waals surface area contributed by atoms with Crippen molar-refractivity contribution in [3.63, 3.8) is 0 Å². The van der Waals surface area contributed by atoms with Gasteiger partial charge in [0.15, 0.2) is 20.3 Å². The molecule has 0 aromatic carbocycles. The fourth-order valence-corrected chi connectivity index (χ4v) is 4.78. The Kier molecular flexibility index (Phi) is 7.20. The van der Waals surface area contributed by atoms with Crippen LogP contribution >= 0.6 is 0 Å². The number of rotatable bonds is 10. The van der Waals surface area contributed by atoms with E-state index in [0.717, 1.165) is 0 Å². The zero-order valence-corrected chi connectivity index (χ0v) is 17.8. The first kappa shape index (κ1) is 25.2. The van der Waals surface area contributed by atoms with Gasteiger partial charge in [-0.05, 0) is 0 Å². The molecule has 176 valence electrons. The number of sulfone groups is 1. The number of nitrogens with zero attached hydrogens (tertiary/aromatic N) is 2. The molecular formula is C12H16N2O14S3. The van der Waals surface area contributed by atoms with E-state index >= 15 is 0 Å². The number of carbonyl (C=O) groups excluding carboxylic acids is 4. The van der Waals surface area contributed by atoms with Crippen LogP contribution in [0.4, 0.5) is 0 Å². The molecule has 2 unspecified atom stereocenters. The van der Waals surface area contributed by atoms with E-state index in [9.17, 15) is 44.4 Å². The highest BCUT2D eigenvalue weighted by Crippen LogP contribution is 2.20. The Labute approximate surface area is 175 Å². The average Bonchev–Trinajstić information content (AvgIpc) is 3.05. The van der Waals surface area contributed by atoms with E-state index in [4.69, 9.17) is 9.11 Å². The van der Waals surface area contributed by atoms with Crippen molar-refractivity contribution in [1.82, 2.24) is 10.1 Å². The van der Waals surface area contributed by atoms with Gasteiger partial charge in [0, 0.05) is 0 Å². The first-order chi connectivity index (χ1) is 14.0. The minimum atomic E-state index is -4.85. The lowest BCUT2D eigenvalue weighted by molar-refractivity contribution is -0.186. The van der Waals surface area contributed by atoms with Crippen LogP contribution in [0.15, 0.2) is 0 Å². The van der Waals surface area contributed by atoms with Gasteiger partial charge in [0.2, 0.25) is 0 Å². The van der Waals surface area contributed by atoms with Crippen LogP contribution in [0.25, 0.3) is 0 Å². The predicted octanol–water partition coefficient (Wildman–Crippen LogP) is -3.70. The number of imide groups is 2. The summed E-state index contributed by atoms with van der Waals surface area (Å²) in [7, 11) is -13.7. The van der Waals surface area contributed by atoms with Crippen LogP contribution in [-0.2, 0) is 58.9 Å². The Morgan fingerprint density at radius 1 is 0.710 bits per heavy atom. The topological polar surface area (TPSA) is 236 Å². The minimum Gasteiger partial charge on any atom is -0.285 e. The van der Waals surface area contributed by atoms with Gasteiger partial charge in [0.1, 0.15) is 0 Å². The van der Waals surface area contributed by atoms with Gasteiger partial charge in [-0.15, -0.1) is 0 Å². The predicted molar refractivity (Wildman–Crippen MR) is 94.2 cm³/mol. The summed E-state index contributed by atoms with van der Waals surface area (Å²) in [4.78, 5) is 56.0.